The minimum atomic E-state index is -3.24. The zero-order chi connectivity index (χ0) is 7.49. The third-order valence-electron chi connectivity index (χ3n) is 0.873. The van der Waals surface area contributed by atoms with Crippen LogP contribution in [-0.2, 0) is 0 Å². The van der Waals surface area contributed by atoms with Gasteiger partial charge in [0.1, 0.15) is 0 Å². The molecule has 0 saturated heterocycles. The summed E-state index contributed by atoms with van der Waals surface area (Å²) in [6.07, 6.45) is 0. The standard InChI is InChI=1S/C4H7F2N3/c1-3(2)4(5,6)8-9-7/h3H,1-2H3. The first-order valence-electron chi connectivity index (χ1n) is 2.44. The minimum absolute atomic E-state index is 0.937. The summed E-state index contributed by atoms with van der Waals surface area (Å²) in [7, 11) is 0. The molecule has 0 atom stereocenters. The lowest BCUT2D eigenvalue weighted by atomic mass is 10.2. The Morgan fingerprint density at radius 3 is 2.11 bits per heavy atom. The van der Waals surface area contributed by atoms with E-state index in [1.165, 1.54) is 13.8 Å². The van der Waals surface area contributed by atoms with Gasteiger partial charge in [-0.05, 0) is 10.6 Å². The Hall–Kier alpha value is -0.830. The monoisotopic (exact) mass is 135 g/mol. The summed E-state index contributed by atoms with van der Waals surface area (Å²) in [4.78, 5) is 2.00. The Kier molecular flexibility index (Phi) is 2.40. The van der Waals surface area contributed by atoms with Gasteiger partial charge in [-0.2, -0.15) is 8.78 Å². The van der Waals surface area contributed by atoms with E-state index in [1.807, 2.05) is 4.91 Å². The van der Waals surface area contributed by atoms with Gasteiger partial charge in [-0.15, -0.1) is 0 Å². The van der Waals surface area contributed by atoms with Crippen molar-refractivity contribution in [2.45, 2.75) is 19.9 Å². The van der Waals surface area contributed by atoms with E-state index in [1.54, 1.807) is 0 Å². The maximum absolute atomic E-state index is 12.1. The molecule has 0 bridgehead atoms. The average Bonchev–Trinajstić information content (AvgIpc) is 1.65. The Morgan fingerprint density at radius 2 is 2.00 bits per heavy atom. The molecule has 0 saturated carbocycles. The van der Waals surface area contributed by atoms with E-state index < -0.39 is 12.0 Å². The Balaban J connectivity index is 4.18. The molecule has 0 fully saturated rings. The molecule has 5 heteroatoms. The predicted molar refractivity (Wildman–Crippen MR) is 28.9 cm³/mol. The lowest BCUT2D eigenvalue weighted by molar-refractivity contribution is -0.0374. The summed E-state index contributed by atoms with van der Waals surface area (Å²) >= 11 is 0. The molecule has 0 aliphatic heterocycles. The second-order valence-electron chi connectivity index (χ2n) is 1.93. The van der Waals surface area contributed by atoms with Crippen molar-refractivity contribution in [2.24, 2.45) is 11.0 Å². The quantitative estimate of drug-likeness (QED) is 0.242. The molecule has 9 heavy (non-hydrogen) atoms. The van der Waals surface area contributed by atoms with E-state index in [0.29, 0.717) is 0 Å². The number of nitrogens with zero attached hydrogens (tertiary/aromatic N) is 3. The van der Waals surface area contributed by atoms with Gasteiger partial charge in [0, 0.05) is 10.8 Å². The fourth-order valence-electron chi connectivity index (χ4n) is 0.175. The van der Waals surface area contributed by atoms with Crippen LogP contribution in [0.25, 0.3) is 10.4 Å². The molecule has 0 spiro atoms. The summed E-state index contributed by atoms with van der Waals surface area (Å²) in [5.74, 6) is -0.937. The summed E-state index contributed by atoms with van der Waals surface area (Å²) in [6, 6.07) is -3.24. The smallest absolute Gasteiger partial charge is 0.200 e. The number of alkyl halides is 2. The number of rotatable bonds is 2. The van der Waals surface area contributed by atoms with Crippen LogP contribution in [0.4, 0.5) is 8.78 Å². The fraction of sp³-hybridized carbons (Fsp3) is 1.00. The Morgan fingerprint density at radius 1 is 1.56 bits per heavy atom. The van der Waals surface area contributed by atoms with E-state index in [2.05, 4.69) is 5.11 Å². The van der Waals surface area contributed by atoms with Crippen LogP contribution in [0.3, 0.4) is 0 Å². The zero-order valence-corrected chi connectivity index (χ0v) is 5.17. The third-order valence-corrected chi connectivity index (χ3v) is 0.873. The molecule has 0 amide bonds. The summed E-state index contributed by atoms with van der Waals surface area (Å²) in [6.45, 7) is 2.57. The predicted octanol–water partition coefficient (Wildman–Crippen LogP) is 2.55. The van der Waals surface area contributed by atoms with Crippen LogP contribution in [0.5, 0.6) is 0 Å². The molecule has 0 aliphatic carbocycles. The van der Waals surface area contributed by atoms with Crippen molar-refractivity contribution in [1.29, 1.82) is 0 Å². The third kappa shape index (κ3) is 2.28. The molecular formula is C4H7F2N3. The van der Waals surface area contributed by atoms with Gasteiger partial charge in [-0.3, -0.25) is 0 Å². The number of azide groups is 1. The fourth-order valence-corrected chi connectivity index (χ4v) is 0.175. The second kappa shape index (κ2) is 2.64. The van der Waals surface area contributed by atoms with Crippen molar-refractivity contribution in [2.75, 3.05) is 0 Å². The molecule has 0 N–H and O–H groups in total. The molecule has 0 heterocycles. The van der Waals surface area contributed by atoms with Gasteiger partial charge < -0.3 is 0 Å². The molecule has 0 aromatic heterocycles. The van der Waals surface area contributed by atoms with E-state index >= 15 is 0 Å². The van der Waals surface area contributed by atoms with Gasteiger partial charge >= 0.3 is 6.05 Å². The second-order valence-corrected chi connectivity index (χ2v) is 1.93. The van der Waals surface area contributed by atoms with Gasteiger partial charge in [0.05, 0.1) is 0 Å². The average molecular weight is 135 g/mol. The highest BCUT2D eigenvalue weighted by Crippen LogP contribution is 2.24. The molecule has 0 aliphatic rings. The van der Waals surface area contributed by atoms with Gasteiger partial charge in [0.15, 0.2) is 0 Å². The van der Waals surface area contributed by atoms with E-state index in [9.17, 15) is 8.78 Å². The molecule has 3 nitrogen and oxygen atoms in total. The summed E-state index contributed by atoms with van der Waals surface area (Å²) in [5, 5.41) is 2.30. The van der Waals surface area contributed by atoms with Crippen LogP contribution in [0, 0.1) is 5.92 Å². The number of hydrogen-bond donors (Lipinski definition) is 0. The molecule has 0 radical (unpaired) electrons. The maximum Gasteiger partial charge on any atom is 0.328 e. The molecule has 0 rings (SSSR count). The molecule has 0 unspecified atom stereocenters. The lowest BCUT2D eigenvalue weighted by Gasteiger charge is -2.12. The van der Waals surface area contributed by atoms with E-state index in [-0.39, 0.29) is 0 Å². The number of halogens is 2. The van der Waals surface area contributed by atoms with Gasteiger partial charge in [0.2, 0.25) is 0 Å². The van der Waals surface area contributed by atoms with Crippen LogP contribution in [-0.4, -0.2) is 6.05 Å². The molecule has 0 aromatic rings. The minimum Gasteiger partial charge on any atom is -0.200 e. The van der Waals surface area contributed by atoms with Crippen molar-refractivity contribution in [1.82, 2.24) is 0 Å². The summed E-state index contributed by atoms with van der Waals surface area (Å²) in [5.41, 5.74) is 7.63. The van der Waals surface area contributed by atoms with E-state index in [0.717, 1.165) is 0 Å². The first kappa shape index (κ1) is 8.17. The van der Waals surface area contributed by atoms with Crippen molar-refractivity contribution >= 4 is 0 Å². The maximum atomic E-state index is 12.1. The Bertz CT molecular complexity index is 137. The van der Waals surface area contributed by atoms with Gasteiger partial charge in [-0.25, -0.2) is 0 Å². The van der Waals surface area contributed by atoms with Crippen LogP contribution in [0.15, 0.2) is 5.11 Å². The van der Waals surface area contributed by atoms with Crippen LogP contribution < -0.4 is 0 Å². The highest BCUT2D eigenvalue weighted by atomic mass is 19.3. The first-order valence-corrected chi connectivity index (χ1v) is 2.44. The van der Waals surface area contributed by atoms with Gasteiger partial charge in [-0.1, -0.05) is 13.8 Å². The van der Waals surface area contributed by atoms with Crippen LogP contribution in [0.1, 0.15) is 13.8 Å². The Labute approximate surface area is 51.3 Å². The normalized spacial score (nSPS) is 11.2. The van der Waals surface area contributed by atoms with Crippen molar-refractivity contribution in [3.63, 3.8) is 0 Å². The van der Waals surface area contributed by atoms with Crippen LogP contribution >= 0.6 is 0 Å². The summed E-state index contributed by atoms with van der Waals surface area (Å²) < 4.78 is 24.3. The highest BCUT2D eigenvalue weighted by molar-refractivity contribution is 4.66. The zero-order valence-electron chi connectivity index (χ0n) is 5.17. The molecular weight excluding hydrogens is 128 g/mol. The SMILES string of the molecule is CC(C)C(F)(F)N=[N+]=[N-]. The topological polar surface area (TPSA) is 48.8 Å². The van der Waals surface area contributed by atoms with Gasteiger partial charge in [0.25, 0.3) is 0 Å². The molecule has 0 aromatic carbocycles. The number of hydrogen-bond acceptors (Lipinski definition) is 1. The molecule has 52 valence electrons. The first-order chi connectivity index (χ1) is 4.00. The van der Waals surface area contributed by atoms with E-state index in [4.69, 9.17) is 5.53 Å². The van der Waals surface area contributed by atoms with Crippen molar-refractivity contribution in [3.8, 4) is 0 Å². The van der Waals surface area contributed by atoms with Crippen molar-refractivity contribution < 1.29 is 8.78 Å². The van der Waals surface area contributed by atoms with Crippen LogP contribution in [0.2, 0.25) is 0 Å². The van der Waals surface area contributed by atoms with Crippen molar-refractivity contribution in [3.05, 3.63) is 10.4 Å². The lowest BCUT2D eigenvalue weighted by Crippen LogP contribution is -2.19. The highest BCUT2D eigenvalue weighted by Gasteiger charge is 2.31. The largest absolute Gasteiger partial charge is 0.328 e.